The Bertz CT molecular complexity index is 819. The maximum absolute atomic E-state index is 4.33. The number of aryl methyl sites for hydroxylation is 2. The van der Waals surface area contributed by atoms with E-state index >= 15 is 0 Å². The highest BCUT2D eigenvalue weighted by Gasteiger charge is 2.28. The number of rotatable bonds is 4. The van der Waals surface area contributed by atoms with E-state index in [0.29, 0.717) is 5.92 Å². The summed E-state index contributed by atoms with van der Waals surface area (Å²) in [6, 6.07) is 4.02. The van der Waals surface area contributed by atoms with Gasteiger partial charge < -0.3 is 10.2 Å². The van der Waals surface area contributed by atoms with E-state index in [9.17, 15) is 0 Å². The molecule has 0 amide bonds. The minimum absolute atomic E-state index is 0.569. The third kappa shape index (κ3) is 2.67. The molecule has 4 rings (SSSR count). The van der Waals surface area contributed by atoms with Gasteiger partial charge in [0.25, 0.3) is 0 Å². The molecule has 0 atom stereocenters. The summed E-state index contributed by atoms with van der Waals surface area (Å²) in [7, 11) is 1.89. The van der Waals surface area contributed by atoms with Crippen LogP contribution in [0, 0.1) is 12.8 Å². The predicted molar refractivity (Wildman–Crippen MR) is 87.3 cm³/mol. The van der Waals surface area contributed by atoms with Gasteiger partial charge in [-0.05, 0) is 19.1 Å². The standard InChI is InChI=1S/C15H18N8/c1-10-3-4-13(20-19-10)23-6-11(7-23)5-16-14-12-8-22(2)21-15(12)18-9-17-14/h3-4,8-9,11H,5-7H2,1-2H3,(H,16,17,18,21). The highest BCUT2D eigenvalue weighted by molar-refractivity contribution is 5.85. The average Bonchev–Trinajstić information content (AvgIpc) is 2.88. The highest BCUT2D eigenvalue weighted by atomic mass is 15.3. The van der Waals surface area contributed by atoms with Gasteiger partial charge >= 0.3 is 0 Å². The number of anilines is 2. The molecule has 8 heteroatoms. The van der Waals surface area contributed by atoms with Crippen molar-refractivity contribution in [3.05, 3.63) is 30.4 Å². The van der Waals surface area contributed by atoms with Crippen LogP contribution in [0.4, 0.5) is 11.6 Å². The van der Waals surface area contributed by atoms with Gasteiger partial charge in [0.15, 0.2) is 11.5 Å². The maximum atomic E-state index is 4.33. The number of hydrogen-bond acceptors (Lipinski definition) is 7. The van der Waals surface area contributed by atoms with Crippen LogP contribution < -0.4 is 10.2 Å². The van der Waals surface area contributed by atoms with Crippen LogP contribution in [-0.2, 0) is 7.05 Å². The Morgan fingerprint density at radius 3 is 2.87 bits per heavy atom. The number of aromatic nitrogens is 6. The van der Waals surface area contributed by atoms with Gasteiger partial charge in [-0.15, -0.1) is 5.10 Å². The summed E-state index contributed by atoms with van der Waals surface area (Å²) in [5.74, 6) is 2.36. The van der Waals surface area contributed by atoms with Gasteiger partial charge in [-0.2, -0.15) is 10.2 Å². The Morgan fingerprint density at radius 1 is 1.22 bits per heavy atom. The first-order valence-electron chi connectivity index (χ1n) is 7.62. The fraction of sp³-hybridized carbons (Fsp3) is 0.400. The van der Waals surface area contributed by atoms with Crippen molar-refractivity contribution < 1.29 is 0 Å². The number of nitrogens with zero attached hydrogens (tertiary/aromatic N) is 7. The summed E-state index contributed by atoms with van der Waals surface area (Å²) in [4.78, 5) is 10.7. The van der Waals surface area contributed by atoms with Crippen LogP contribution in [0.1, 0.15) is 5.69 Å². The van der Waals surface area contributed by atoms with Crippen LogP contribution >= 0.6 is 0 Å². The van der Waals surface area contributed by atoms with Crippen LogP contribution in [-0.4, -0.2) is 49.6 Å². The van der Waals surface area contributed by atoms with Crippen LogP contribution in [0.3, 0.4) is 0 Å². The summed E-state index contributed by atoms with van der Waals surface area (Å²) >= 11 is 0. The fourth-order valence-electron chi connectivity index (χ4n) is 2.78. The summed E-state index contributed by atoms with van der Waals surface area (Å²) in [6.07, 6.45) is 3.49. The molecule has 1 saturated heterocycles. The third-order valence-electron chi connectivity index (χ3n) is 4.05. The zero-order valence-electron chi connectivity index (χ0n) is 13.1. The molecule has 0 spiro atoms. The molecule has 0 radical (unpaired) electrons. The van der Waals surface area contributed by atoms with Crippen molar-refractivity contribution in [1.29, 1.82) is 0 Å². The monoisotopic (exact) mass is 310 g/mol. The molecule has 4 heterocycles. The summed E-state index contributed by atoms with van der Waals surface area (Å²) < 4.78 is 1.76. The lowest BCUT2D eigenvalue weighted by Crippen LogP contribution is -2.50. The SMILES string of the molecule is Cc1ccc(N2CC(CNc3ncnc4nn(C)cc34)C2)nn1. The molecule has 1 N–H and O–H groups in total. The number of fused-ring (bicyclic) bond motifs is 1. The molecular formula is C15H18N8. The predicted octanol–water partition coefficient (Wildman–Crippen LogP) is 1.01. The van der Waals surface area contributed by atoms with Crippen molar-refractivity contribution in [2.45, 2.75) is 6.92 Å². The van der Waals surface area contributed by atoms with E-state index in [1.165, 1.54) is 0 Å². The molecule has 118 valence electrons. The van der Waals surface area contributed by atoms with Crippen molar-refractivity contribution in [3.63, 3.8) is 0 Å². The van der Waals surface area contributed by atoms with Crippen LogP contribution in [0.2, 0.25) is 0 Å². The van der Waals surface area contributed by atoms with Gasteiger partial charge in [0.05, 0.1) is 11.1 Å². The van der Waals surface area contributed by atoms with E-state index in [1.807, 2.05) is 32.3 Å². The van der Waals surface area contributed by atoms with Crippen molar-refractivity contribution in [3.8, 4) is 0 Å². The smallest absolute Gasteiger partial charge is 0.186 e. The quantitative estimate of drug-likeness (QED) is 0.769. The summed E-state index contributed by atoms with van der Waals surface area (Å²) in [5, 5.41) is 17.0. The minimum atomic E-state index is 0.569. The molecule has 23 heavy (non-hydrogen) atoms. The van der Waals surface area contributed by atoms with Crippen molar-refractivity contribution >= 4 is 22.7 Å². The topological polar surface area (TPSA) is 84.6 Å². The lowest BCUT2D eigenvalue weighted by Gasteiger charge is -2.40. The molecule has 1 aliphatic heterocycles. The second-order valence-electron chi connectivity index (χ2n) is 5.95. The molecule has 0 saturated carbocycles. The number of nitrogens with one attached hydrogen (secondary N) is 1. The molecule has 0 bridgehead atoms. The Morgan fingerprint density at radius 2 is 2.09 bits per heavy atom. The van der Waals surface area contributed by atoms with E-state index in [4.69, 9.17) is 0 Å². The zero-order chi connectivity index (χ0) is 15.8. The van der Waals surface area contributed by atoms with Gasteiger partial charge in [-0.3, -0.25) is 4.68 Å². The highest BCUT2D eigenvalue weighted by Crippen LogP contribution is 2.23. The van der Waals surface area contributed by atoms with Crippen molar-refractivity contribution in [2.75, 3.05) is 29.9 Å². The van der Waals surface area contributed by atoms with Gasteiger partial charge in [0.2, 0.25) is 0 Å². The Hall–Kier alpha value is -2.77. The van der Waals surface area contributed by atoms with Gasteiger partial charge in [0.1, 0.15) is 12.1 Å². The molecular weight excluding hydrogens is 292 g/mol. The first-order chi connectivity index (χ1) is 11.2. The molecule has 3 aromatic rings. The van der Waals surface area contributed by atoms with Crippen molar-refractivity contribution in [2.24, 2.45) is 13.0 Å². The lowest BCUT2D eigenvalue weighted by atomic mass is 10.0. The van der Waals surface area contributed by atoms with E-state index in [0.717, 1.165) is 48.0 Å². The Kier molecular flexibility index (Phi) is 3.29. The van der Waals surface area contributed by atoms with Crippen LogP contribution in [0.5, 0.6) is 0 Å². The normalized spacial score (nSPS) is 15.0. The molecule has 1 fully saturated rings. The summed E-state index contributed by atoms with van der Waals surface area (Å²) in [5.41, 5.74) is 1.66. The summed E-state index contributed by atoms with van der Waals surface area (Å²) in [6.45, 7) is 4.77. The average molecular weight is 310 g/mol. The molecule has 1 aliphatic rings. The minimum Gasteiger partial charge on any atom is -0.369 e. The van der Waals surface area contributed by atoms with Gasteiger partial charge in [-0.1, -0.05) is 0 Å². The molecule has 0 aromatic carbocycles. The third-order valence-corrected chi connectivity index (χ3v) is 4.05. The molecule has 0 unspecified atom stereocenters. The Balaban J connectivity index is 1.36. The second-order valence-corrected chi connectivity index (χ2v) is 5.95. The van der Waals surface area contributed by atoms with E-state index in [1.54, 1.807) is 11.0 Å². The number of hydrogen-bond donors (Lipinski definition) is 1. The Labute approximate surface area is 133 Å². The second kappa shape index (κ2) is 5.45. The zero-order valence-corrected chi connectivity index (χ0v) is 13.1. The lowest BCUT2D eigenvalue weighted by molar-refractivity contribution is 0.425. The molecule has 0 aliphatic carbocycles. The van der Waals surface area contributed by atoms with Crippen molar-refractivity contribution in [1.82, 2.24) is 29.9 Å². The molecule has 8 nitrogen and oxygen atoms in total. The van der Waals surface area contributed by atoms with E-state index < -0.39 is 0 Å². The molecule has 3 aromatic heterocycles. The first kappa shape index (κ1) is 13.9. The van der Waals surface area contributed by atoms with Gasteiger partial charge in [0, 0.05) is 38.8 Å². The van der Waals surface area contributed by atoms with Crippen LogP contribution in [0.15, 0.2) is 24.7 Å². The van der Waals surface area contributed by atoms with E-state index in [-0.39, 0.29) is 0 Å². The maximum Gasteiger partial charge on any atom is 0.186 e. The van der Waals surface area contributed by atoms with Gasteiger partial charge in [-0.25, -0.2) is 9.97 Å². The van der Waals surface area contributed by atoms with Crippen LogP contribution in [0.25, 0.3) is 11.0 Å². The fourth-order valence-corrected chi connectivity index (χ4v) is 2.78. The largest absolute Gasteiger partial charge is 0.369 e. The van der Waals surface area contributed by atoms with E-state index in [2.05, 4.69) is 35.5 Å². The first-order valence-corrected chi connectivity index (χ1v) is 7.62.